The molecule has 1 N–H and O–H groups in total. The molecule has 6 nitrogen and oxygen atoms in total. The smallest absolute Gasteiger partial charge is 0.412 e. The van der Waals surface area contributed by atoms with Gasteiger partial charge in [-0.3, -0.25) is 14.9 Å². The fraction of sp³-hybridized carbons (Fsp3) is 0.429. The van der Waals surface area contributed by atoms with Gasteiger partial charge in [0.1, 0.15) is 11.4 Å². The standard InChI is InChI=1S/C14H19FN2O4/c1-14(2,3)21-13(19)16-11-7-6-9(15)8-10(11)12(18)17(4)20-5/h6-8H,1-5H3,(H,16,19). The van der Waals surface area contributed by atoms with Gasteiger partial charge in [0.15, 0.2) is 0 Å². The fourth-order valence-corrected chi connectivity index (χ4v) is 1.47. The first-order valence-corrected chi connectivity index (χ1v) is 6.26. The minimum Gasteiger partial charge on any atom is -0.444 e. The molecule has 1 rings (SSSR count). The zero-order valence-corrected chi connectivity index (χ0v) is 12.7. The minimum atomic E-state index is -0.733. The van der Waals surface area contributed by atoms with Crippen LogP contribution in [0.15, 0.2) is 18.2 Å². The number of benzene rings is 1. The molecule has 0 radical (unpaired) electrons. The van der Waals surface area contributed by atoms with Gasteiger partial charge in [-0.25, -0.2) is 14.2 Å². The first kappa shape index (κ1) is 16.9. The molecule has 0 aliphatic heterocycles. The molecule has 0 heterocycles. The molecule has 0 saturated carbocycles. The first-order chi connectivity index (χ1) is 9.64. The number of carbonyl (C=O) groups excluding carboxylic acids is 2. The lowest BCUT2D eigenvalue weighted by molar-refractivity contribution is -0.0756. The van der Waals surface area contributed by atoms with E-state index in [1.54, 1.807) is 20.8 Å². The Labute approximate surface area is 122 Å². The summed E-state index contributed by atoms with van der Waals surface area (Å²) in [5.41, 5.74) is -0.581. The Bertz CT molecular complexity index is 540. The molecule has 1 aromatic carbocycles. The monoisotopic (exact) mass is 298 g/mol. The molecule has 0 unspecified atom stereocenters. The third-order valence-corrected chi connectivity index (χ3v) is 2.41. The van der Waals surface area contributed by atoms with Crippen molar-refractivity contribution in [3.05, 3.63) is 29.6 Å². The average molecular weight is 298 g/mol. The molecular formula is C14H19FN2O4. The van der Waals surface area contributed by atoms with E-state index in [0.29, 0.717) is 0 Å². The number of hydroxylamine groups is 2. The summed E-state index contributed by atoms with van der Waals surface area (Å²) in [5.74, 6) is -1.19. The maximum absolute atomic E-state index is 13.3. The van der Waals surface area contributed by atoms with Crippen molar-refractivity contribution < 1.29 is 23.6 Å². The van der Waals surface area contributed by atoms with Crippen molar-refractivity contribution in [2.24, 2.45) is 0 Å². The van der Waals surface area contributed by atoms with Crippen LogP contribution in [0.3, 0.4) is 0 Å². The highest BCUT2D eigenvalue weighted by atomic mass is 19.1. The molecule has 21 heavy (non-hydrogen) atoms. The van der Waals surface area contributed by atoms with Crippen LogP contribution in [0.25, 0.3) is 0 Å². The van der Waals surface area contributed by atoms with Crippen molar-refractivity contribution >= 4 is 17.7 Å². The van der Waals surface area contributed by atoms with Gasteiger partial charge in [0.25, 0.3) is 5.91 Å². The molecule has 0 bridgehead atoms. The molecule has 0 fully saturated rings. The van der Waals surface area contributed by atoms with E-state index in [9.17, 15) is 14.0 Å². The number of anilines is 1. The van der Waals surface area contributed by atoms with Crippen molar-refractivity contribution in [3.63, 3.8) is 0 Å². The number of nitrogens with zero attached hydrogens (tertiary/aromatic N) is 1. The van der Waals surface area contributed by atoms with Gasteiger partial charge in [0.05, 0.1) is 18.4 Å². The van der Waals surface area contributed by atoms with Crippen LogP contribution < -0.4 is 5.32 Å². The Morgan fingerprint density at radius 1 is 1.29 bits per heavy atom. The molecule has 0 saturated heterocycles. The second-order valence-electron chi connectivity index (χ2n) is 5.30. The van der Waals surface area contributed by atoms with Crippen LogP contribution in [0, 0.1) is 5.82 Å². The molecule has 1 aromatic rings. The van der Waals surface area contributed by atoms with E-state index in [0.717, 1.165) is 17.2 Å². The van der Waals surface area contributed by atoms with Crippen molar-refractivity contribution in [2.75, 3.05) is 19.5 Å². The molecule has 0 aliphatic carbocycles. The largest absolute Gasteiger partial charge is 0.444 e. The maximum atomic E-state index is 13.3. The highest BCUT2D eigenvalue weighted by molar-refractivity contribution is 6.02. The van der Waals surface area contributed by atoms with Crippen LogP contribution in [0.1, 0.15) is 31.1 Å². The SMILES string of the molecule is CON(C)C(=O)c1cc(F)ccc1NC(=O)OC(C)(C)C. The Balaban J connectivity index is 3.02. The van der Waals surface area contributed by atoms with E-state index < -0.39 is 23.4 Å². The number of nitrogens with one attached hydrogen (secondary N) is 1. The van der Waals surface area contributed by atoms with E-state index in [1.807, 2.05) is 0 Å². The van der Waals surface area contributed by atoms with Crippen molar-refractivity contribution in [3.8, 4) is 0 Å². The zero-order chi connectivity index (χ0) is 16.2. The lowest BCUT2D eigenvalue weighted by Gasteiger charge is -2.21. The normalized spacial score (nSPS) is 11.0. The van der Waals surface area contributed by atoms with Gasteiger partial charge < -0.3 is 4.74 Å². The van der Waals surface area contributed by atoms with Gasteiger partial charge in [0, 0.05) is 7.05 Å². The summed E-state index contributed by atoms with van der Waals surface area (Å²) in [4.78, 5) is 28.6. The number of ether oxygens (including phenoxy) is 1. The Hall–Kier alpha value is -2.15. The molecule has 7 heteroatoms. The van der Waals surface area contributed by atoms with Gasteiger partial charge in [-0.1, -0.05) is 0 Å². The van der Waals surface area contributed by atoms with Crippen LogP contribution >= 0.6 is 0 Å². The van der Waals surface area contributed by atoms with Gasteiger partial charge >= 0.3 is 6.09 Å². The van der Waals surface area contributed by atoms with Crippen LogP contribution in [-0.4, -0.2) is 36.8 Å². The second-order valence-corrected chi connectivity index (χ2v) is 5.30. The quantitative estimate of drug-likeness (QED) is 0.871. The Morgan fingerprint density at radius 2 is 1.90 bits per heavy atom. The van der Waals surface area contributed by atoms with E-state index in [-0.39, 0.29) is 11.3 Å². The molecule has 0 aliphatic rings. The predicted octanol–water partition coefficient (Wildman–Crippen LogP) is 2.81. The third-order valence-electron chi connectivity index (χ3n) is 2.41. The van der Waals surface area contributed by atoms with Crippen molar-refractivity contribution in [1.29, 1.82) is 0 Å². The molecule has 0 spiro atoms. The summed E-state index contributed by atoms with van der Waals surface area (Å²) >= 11 is 0. The third kappa shape index (κ3) is 5.03. The van der Waals surface area contributed by atoms with Gasteiger partial charge in [0.2, 0.25) is 0 Å². The predicted molar refractivity (Wildman–Crippen MR) is 75.4 cm³/mol. The number of halogens is 1. The summed E-state index contributed by atoms with van der Waals surface area (Å²) < 4.78 is 18.4. The lowest BCUT2D eigenvalue weighted by atomic mass is 10.1. The van der Waals surface area contributed by atoms with Crippen molar-refractivity contribution in [2.45, 2.75) is 26.4 Å². The molecule has 0 aromatic heterocycles. The number of rotatable bonds is 3. The first-order valence-electron chi connectivity index (χ1n) is 6.26. The second kappa shape index (κ2) is 6.53. The zero-order valence-electron chi connectivity index (χ0n) is 12.7. The number of amides is 2. The minimum absolute atomic E-state index is 0.0368. The molecular weight excluding hydrogens is 279 g/mol. The molecule has 2 amide bonds. The van der Waals surface area contributed by atoms with E-state index in [4.69, 9.17) is 9.57 Å². The van der Waals surface area contributed by atoms with E-state index >= 15 is 0 Å². The summed E-state index contributed by atoms with van der Waals surface area (Å²) in [6, 6.07) is 3.44. The number of carbonyl (C=O) groups is 2. The van der Waals surface area contributed by atoms with Crippen molar-refractivity contribution in [1.82, 2.24) is 5.06 Å². The highest BCUT2D eigenvalue weighted by Gasteiger charge is 2.21. The summed E-state index contributed by atoms with van der Waals surface area (Å²) in [6.45, 7) is 5.13. The fourth-order valence-electron chi connectivity index (χ4n) is 1.47. The van der Waals surface area contributed by atoms with Crippen LogP contribution in [-0.2, 0) is 9.57 Å². The summed E-state index contributed by atoms with van der Waals surface area (Å²) in [7, 11) is 2.68. The number of hydrogen-bond donors (Lipinski definition) is 1. The van der Waals surface area contributed by atoms with Gasteiger partial charge in [-0.15, -0.1) is 0 Å². The summed E-state index contributed by atoms with van der Waals surface area (Å²) in [5, 5.41) is 3.35. The van der Waals surface area contributed by atoms with E-state index in [1.165, 1.54) is 20.2 Å². The lowest BCUT2D eigenvalue weighted by Crippen LogP contribution is -2.29. The topological polar surface area (TPSA) is 67.9 Å². The average Bonchev–Trinajstić information content (AvgIpc) is 2.36. The summed E-state index contributed by atoms with van der Waals surface area (Å²) in [6.07, 6.45) is -0.733. The van der Waals surface area contributed by atoms with Crippen LogP contribution in [0.4, 0.5) is 14.9 Å². The Kier molecular flexibility index (Phi) is 5.26. The molecule has 0 atom stereocenters. The maximum Gasteiger partial charge on any atom is 0.412 e. The molecule has 116 valence electrons. The van der Waals surface area contributed by atoms with Gasteiger partial charge in [-0.2, -0.15) is 0 Å². The number of hydrogen-bond acceptors (Lipinski definition) is 4. The van der Waals surface area contributed by atoms with E-state index in [2.05, 4.69) is 5.32 Å². The van der Waals surface area contributed by atoms with Gasteiger partial charge in [-0.05, 0) is 39.0 Å². The highest BCUT2D eigenvalue weighted by Crippen LogP contribution is 2.20. The van der Waals surface area contributed by atoms with Crippen LogP contribution in [0.2, 0.25) is 0 Å². The Morgan fingerprint density at radius 3 is 2.43 bits per heavy atom. The van der Waals surface area contributed by atoms with Crippen LogP contribution in [0.5, 0.6) is 0 Å².